The molecule has 7 heterocycles. The van der Waals surface area contributed by atoms with E-state index in [0.717, 1.165) is 12.5 Å². The average Bonchev–Trinajstić information content (AvgIpc) is 4.04. The van der Waals surface area contributed by atoms with Gasteiger partial charge in [-0.15, -0.1) is 0 Å². The topological polar surface area (TPSA) is 215 Å². The number of amides is 1. The van der Waals surface area contributed by atoms with E-state index in [-0.39, 0.29) is 72.6 Å². The largest absolute Gasteiger partial charge is 0.407 e. The van der Waals surface area contributed by atoms with Gasteiger partial charge in [0.1, 0.15) is 55.4 Å². The van der Waals surface area contributed by atoms with Crippen LogP contribution in [-0.2, 0) is 41.0 Å². The normalized spacial score (nSPS) is 27.3. The lowest BCUT2D eigenvalue weighted by Crippen LogP contribution is -2.49. The van der Waals surface area contributed by atoms with Gasteiger partial charge in [-0.05, 0) is 30.3 Å². The van der Waals surface area contributed by atoms with Crippen molar-refractivity contribution >= 4 is 59.4 Å². The van der Waals surface area contributed by atoms with Crippen molar-refractivity contribution in [3.63, 3.8) is 0 Å². The Labute approximate surface area is 380 Å². The quantitative estimate of drug-likeness (QED) is 0.0582. The van der Waals surface area contributed by atoms with Gasteiger partial charge in [0.25, 0.3) is 11.5 Å². The molecule has 3 fully saturated rings. The summed E-state index contributed by atoms with van der Waals surface area (Å²) in [6.45, 7) is 23.8. The monoisotopic (exact) mass is 970 g/mol. The lowest BCUT2D eigenvalue weighted by atomic mass is 10.1. The van der Waals surface area contributed by atoms with Crippen LogP contribution in [-0.4, -0.2) is 124 Å². The van der Waals surface area contributed by atoms with Crippen molar-refractivity contribution in [3.8, 4) is 0 Å². The molecule has 8 rings (SSSR count). The molecule has 10 atom stereocenters. The summed E-state index contributed by atoms with van der Waals surface area (Å²) in [7, 11) is -7.60. The highest BCUT2D eigenvalue weighted by atomic mass is 31.2. The maximum absolute atomic E-state index is 17.1. The maximum Gasteiger partial charge on any atom is 0.333 e. The minimum absolute atomic E-state index is 0.0120. The van der Waals surface area contributed by atoms with E-state index >= 15 is 8.78 Å². The second kappa shape index (κ2) is 20.2. The molecular formula is C40H46F2N10O11P2Si. The summed E-state index contributed by atoms with van der Waals surface area (Å²) in [5.74, 6) is -1.20. The SMILES string of the molecule is [C-]#[N+]CCOP1OC[C@H]2O[C@@H](n3cc(F)c4c(=O)[nH]cnc43)[C@@H](O[Si](C)(C)C(C)(C)C)C2OP(OCC[N+]#[C-])OC[C@H]2O[C@@H](n3cnc4c(NC(=O)c5ccccc5)ncnc43)[C@@H](F)C2O1. The van der Waals surface area contributed by atoms with Crippen molar-refractivity contribution in [1.29, 1.82) is 0 Å². The summed E-state index contributed by atoms with van der Waals surface area (Å²) in [5, 5.41) is 2.10. The number of H-pyrrole nitrogens is 1. The number of halogens is 2. The standard InChI is InChI=1S/C40H46F2N10O11P2Si/c1-40(2,3)66(6,7)63-32-31-26(60-39(32)51-17-24(41)27-34(51)46-21-48-37(27)54)19-58-64(55-15-13-43-4)61-30-25(18-57-65(62-31)56-16-14-44-5)59-38(28(30)42)52-22-49-29-33(45-20-47-35(29)52)50-36(53)23-11-9-8-10-12-23/h8-12,17,20-22,25-26,28,30-32,38-39H,13-16,18-19H2,1-3,6-7H3,(H,46,48,54)(H,45,47,50,53)/t25-,26-,28+,30?,31?,32+,38-,39-,64?,65?/m1/s1. The summed E-state index contributed by atoms with van der Waals surface area (Å²) in [6, 6.07) is 8.50. The molecule has 350 valence electrons. The summed E-state index contributed by atoms with van der Waals surface area (Å²) in [5.41, 5.74) is -0.0224. The molecule has 26 heteroatoms. The van der Waals surface area contributed by atoms with Crippen LogP contribution in [0.4, 0.5) is 14.6 Å². The van der Waals surface area contributed by atoms with Gasteiger partial charge in [0.15, 0.2) is 55.4 Å². The number of aromatic nitrogens is 7. The van der Waals surface area contributed by atoms with Gasteiger partial charge >= 0.3 is 17.2 Å². The molecule has 4 unspecified atom stereocenters. The molecule has 4 aromatic heterocycles. The average molecular weight is 971 g/mol. The second-order valence-corrected chi connectivity index (χ2v) is 23.8. The second-order valence-electron chi connectivity index (χ2n) is 16.7. The fraction of sp³-hybridized carbons (Fsp3) is 0.500. The Bertz CT molecular complexity index is 2660. The first-order valence-electron chi connectivity index (χ1n) is 20.7. The number of benzene rings is 1. The van der Waals surface area contributed by atoms with Crippen LogP contribution in [0.1, 0.15) is 43.6 Å². The first kappa shape index (κ1) is 47.7. The van der Waals surface area contributed by atoms with Gasteiger partial charge in [0, 0.05) is 11.8 Å². The van der Waals surface area contributed by atoms with E-state index < -0.39 is 92.0 Å². The molecule has 3 aliphatic rings. The van der Waals surface area contributed by atoms with Crippen molar-refractivity contribution in [3.05, 3.63) is 100 Å². The molecule has 0 spiro atoms. The number of ether oxygens (including phenoxy) is 2. The Kier molecular flexibility index (Phi) is 14.6. The van der Waals surface area contributed by atoms with Crippen molar-refractivity contribution in [2.75, 3.05) is 44.8 Å². The number of imidazole rings is 1. The molecule has 5 aromatic rings. The van der Waals surface area contributed by atoms with Gasteiger partial charge in [0.2, 0.25) is 13.1 Å². The van der Waals surface area contributed by atoms with Gasteiger partial charge in [-0.2, -0.15) is 0 Å². The summed E-state index contributed by atoms with van der Waals surface area (Å²) >= 11 is 0. The molecule has 1 amide bonds. The molecule has 1 aromatic carbocycles. The number of rotatable bonds is 12. The van der Waals surface area contributed by atoms with Crippen molar-refractivity contribution in [1.82, 2.24) is 34.1 Å². The van der Waals surface area contributed by atoms with Gasteiger partial charge in [-0.1, -0.05) is 39.0 Å². The zero-order valence-electron chi connectivity index (χ0n) is 36.3. The third-order valence-electron chi connectivity index (χ3n) is 11.4. The van der Waals surface area contributed by atoms with E-state index in [2.05, 4.69) is 39.9 Å². The maximum atomic E-state index is 17.1. The number of aromatic amines is 1. The molecular weight excluding hydrogens is 925 g/mol. The molecule has 3 aliphatic heterocycles. The number of carbonyl (C=O) groups excluding carboxylic acids is 1. The van der Waals surface area contributed by atoms with Crippen LogP contribution in [0.3, 0.4) is 0 Å². The van der Waals surface area contributed by atoms with Crippen LogP contribution in [0.25, 0.3) is 31.9 Å². The summed E-state index contributed by atoms with van der Waals surface area (Å²) in [4.78, 5) is 52.2. The number of nitrogens with zero attached hydrogens (tertiary/aromatic N) is 8. The Morgan fingerprint density at radius 1 is 0.939 bits per heavy atom. The van der Waals surface area contributed by atoms with E-state index in [1.165, 1.54) is 21.8 Å². The predicted molar refractivity (Wildman–Crippen MR) is 235 cm³/mol. The highest BCUT2D eigenvalue weighted by Crippen LogP contribution is 2.53. The lowest BCUT2D eigenvalue weighted by molar-refractivity contribution is -0.0605. The Balaban J connectivity index is 1.13. The molecule has 0 saturated carbocycles. The number of hydrogen-bond donors (Lipinski definition) is 2. The number of hydrogen-bond acceptors (Lipinski definition) is 15. The van der Waals surface area contributed by atoms with Gasteiger partial charge in [-0.25, -0.2) is 41.9 Å². The Morgan fingerprint density at radius 2 is 1.59 bits per heavy atom. The smallest absolute Gasteiger partial charge is 0.333 e. The zero-order chi connectivity index (χ0) is 46.8. The van der Waals surface area contributed by atoms with E-state index in [1.54, 1.807) is 30.3 Å². The summed E-state index contributed by atoms with van der Waals surface area (Å²) in [6.07, 6.45) is -5.51. The molecule has 0 bridgehead atoms. The zero-order valence-corrected chi connectivity index (χ0v) is 39.1. The van der Waals surface area contributed by atoms with Gasteiger partial charge in [0.05, 0.1) is 25.9 Å². The Hall–Kier alpha value is -4.78. The van der Waals surface area contributed by atoms with Crippen molar-refractivity contribution in [2.24, 2.45) is 0 Å². The third kappa shape index (κ3) is 9.92. The van der Waals surface area contributed by atoms with Crippen molar-refractivity contribution in [2.45, 2.75) is 88.1 Å². The van der Waals surface area contributed by atoms with Gasteiger partial charge < -0.3 is 65.6 Å². The third-order valence-corrected chi connectivity index (χ3v) is 18.2. The molecule has 0 radical (unpaired) electrons. The number of nitrogens with one attached hydrogen (secondary N) is 2. The highest BCUT2D eigenvalue weighted by molar-refractivity contribution is 7.42. The van der Waals surface area contributed by atoms with Crippen molar-refractivity contribution < 1.29 is 54.6 Å². The number of anilines is 1. The van der Waals surface area contributed by atoms with Crippen LogP contribution in [0.5, 0.6) is 0 Å². The molecule has 3 saturated heterocycles. The molecule has 0 aliphatic carbocycles. The van der Waals surface area contributed by atoms with Crippen LogP contribution < -0.4 is 10.9 Å². The first-order valence-corrected chi connectivity index (χ1v) is 25.8. The van der Waals surface area contributed by atoms with Crippen LogP contribution in [0.15, 0.2) is 60.3 Å². The first-order chi connectivity index (χ1) is 31.7. The van der Waals surface area contributed by atoms with E-state index in [4.69, 9.17) is 54.2 Å². The molecule has 21 nitrogen and oxygen atoms in total. The van der Waals surface area contributed by atoms with E-state index in [9.17, 15) is 9.59 Å². The lowest BCUT2D eigenvalue weighted by Gasteiger charge is -2.41. The molecule has 66 heavy (non-hydrogen) atoms. The minimum Gasteiger partial charge on any atom is -0.407 e. The molecule has 2 N–H and O–H groups in total. The minimum atomic E-state index is -2.74. The van der Waals surface area contributed by atoms with E-state index in [0.29, 0.717) is 5.56 Å². The van der Waals surface area contributed by atoms with Crippen LogP contribution >= 0.6 is 17.2 Å². The van der Waals surface area contributed by atoms with E-state index in [1.807, 2.05) is 33.9 Å². The van der Waals surface area contributed by atoms with Gasteiger partial charge in [-0.3, -0.25) is 14.2 Å². The number of alkyl halides is 1. The Morgan fingerprint density at radius 3 is 2.26 bits per heavy atom. The predicted octanol–water partition coefficient (Wildman–Crippen LogP) is 6.62. The summed E-state index contributed by atoms with van der Waals surface area (Å²) < 4.78 is 93.0. The number of fused-ring (bicyclic) bond motifs is 4. The number of carbonyl (C=O) groups is 1. The fourth-order valence-electron chi connectivity index (χ4n) is 7.14. The van der Waals surface area contributed by atoms with Crippen LogP contribution in [0, 0.1) is 19.0 Å². The fourth-order valence-corrected chi connectivity index (χ4v) is 10.7. The van der Waals surface area contributed by atoms with Crippen LogP contribution in [0.2, 0.25) is 18.1 Å². The highest BCUT2D eigenvalue weighted by Gasteiger charge is 2.55.